The molecule has 17 heavy (non-hydrogen) atoms. The number of hydrogen-bond donors (Lipinski definition) is 2. The maximum atomic E-state index is 6.08. The molecule has 2 heterocycles. The van der Waals surface area contributed by atoms with Crippen LogP contribution in [-0.2, 0) is 9.47 Å². The van der Waals surface area contributed by atoms with Crippen LogP contribution < -0.4 is 5.32 Å². The molecular formula is C13H22N2O2. The third-order valence-corrected chi connectivity index (χ3v) is 3.52. The highest BCUT2D eigenvalue weighted by molar-refractivity contribution is 5.15. The molecule has 0 spiro atoms. The molecule has 0 aromatic carbocycles. The molecule has 1 fully saturated rings. The monoisotopic (exact) mass is 238 g/mol. The van der Waals surface area contributed by atoms with Gasteiger partial charge in [0, 0.05) is 44.6 Å². The second-order valence-electron chi connectivity index (χ2n) is 4.46. The Morgan fingerprint density at radius 2 is 2.29 bits per heavy atom. The minimum Gasteiger partial charge on any atom is -0.381 e. The largest absolute Gasteiger partial charge is 0.381 e. The lowest BCUT2D eigenvalue weighted by atomic mass is 9.84. The Bertz CT molecular complexity index is 313. The predicted molar refractivity (Wildman–Crippen MR) is 67.0 cm³/mol. The summed E-state index contributed by atoms with van der Waals surface area (Å²) in [5.74, 6) is 0. The molecule has 4 nitrogen and oxygen atoms in total. The zero-order chi connectivity index (χ0) is 12.1. The number of aromatic nitrogens is 1. The van der Waals surface area contributed by atoms with Crippen molar-refractivity contribution < 1.29 is 9.47 Å². The molecule has 2 N–H and O–H groups in total. The van der Waals surface area contributed by atoms with Gasteiger partial charge in [0.15, 0.2) is 0 Å². The van der Waals surface area contributed by atoms with E-state index in [9.17, 15) is 0 Å². The minimum absolute atomic E-state index is 0.146. The summed E-state index contributed by atoms with van der Waals surface area (Å²) in [6.07, 6.45) is 3.83. The smallest absolute Gasteiger partial charge is 0.0934 e. The Labute approximate surface area is 103 Å². The second-order valence-corrected chi connectivity index (χ2v) is 4.46. The van der Waals surface area contributed by atoms with Gasteiger partial charge in [-0.25, -0.2) is 0 Å². The van der Waals surface area contributed by atoms with Crippen molar-refractivity contribution in [2.75, 3.05) is 26.9 Å². The van der Waals surface area contributed by atoms with E-state index in [1.807, 2.05) is 19.3 Å². The lowest BCUT2D eigenvalue weighted by molar-refractivity contribution is -0.127. The summed E-state index contributed by atoms with van der Waals surface area (Å²) in [5.41, 5.74) is 1.04. The highest BCUT2D eigenvalue weighted by atomic mass is 16.5. The van der Waals surface area contributed by atoms with E-state index in [2.05, 4.69) is 23.3 Å². The summed E-state index contributed by atoms with van der Waals surface area (Å²) < 4.78 is 11.5. The van der Waals surface area contributed by atoms with E-state index in [1.54, 1.807) is 0 Å². The van der Waals surface area contributed by atoms with Gasteiger partial charge in [-0.3, -0.25) is 0 Å². The Hall–Kier alpha value is -0.840. The molecule has 4 heteroatoms. The zero-order valence-electron chi connectivity index (χ0n) is 10.7. The first-order valence-electron chi connectivity index (χ1n) is 6.34. The summed E-state index contributed by atoms with van der Waals surface area (Å²) >= 11 is 0. The molecule has 2 rings (SSSR count). The van der Waals surface area contributed by atoms with Crippen molar-refractivity contribution in [3.05, 3.63) is 24.0 Å². The van der Waals surface area contributed by atoms with Gasteiger partial charge in [-0.1, -0.05) is 0 Å². The minimum atomic E-state index is -0.146. The van der Waals surface area contributed by atoms with Gasteiger partial charge in [-0.15, -0.1) is 0 Å². The van der Waals surface area contributed by atoms with Crippen LogP contribution >= 0.6 is 0 Å². The van der Waals surface area contributed by atoms with Crippen molar-refractivity contribution in [1.29, 1.82) is 0 Å². The molecule has 1 aliphatic rings. The number of hydrogen-bond acceptors (Lipinski definition) is 3. The van der Waals surface area contributed by atoms with E-state index in [1.165, 1.54) is 5.69 Å². The number of aromatic amines is 1. The van der Waals surface area contributed by atoms with Crippen molar-refractivity contribution in [3.63, 3.8) is 0 Å². The van der Waals surface area contributed by atoms with Gasteiger partial charge in [-0.2, -0.15) is 0 Å². The van der Waals surface area contributed by atoms with Crippen LogP contribution in [0.1, 0.15) is 31.5 Å². The summed E-state index contributed by atoms with van der Waals surface area (Å²) in [5, 5.41) is 3.39. The molecular weight excluding hydrogens is 216 g/mol. The predicted octanol–water partition coefficient (Wildman–Crippen LogP) is 1.86. The van der Waals surface area contributed by atoms with Crippen molar-refractivity contribution in [3.8, 4) is 0 Å². The van der Waals surface area contributed by atoms with Gasteiger partial charge in [0.05, 0.1) is 11.6 Å². The Balaban J connectivity index is 2.23. The van der Waals surface area contributed by atoms with Gasteiger partial charge >= 0.3 is 0 Å². The van der Waals surface area contributed by atoms with Gasteiger partial charge < -0.3 is 19.8 Å². The standard InChI is InChI=1S/C13H22N2O2/c1-3-17-13(6-9-16-10-7-13)12(14-2)11-5-4-8-15-11/h4-5,8,12,14-15H,3,6-7,9-10H2,1-2H3. The topological polar surface area (TPSA) is 46.3 Å². The van der Waals surface area contributed by atoms with Gasteiger partial charge in [-0.05, 0) is 26.1 Å². The summed E-state index contributed by atoms with van der Waals surface area (Å²) in [6, 6.07) is 4.33. The number of nitrogens with one attached hydrogen (secondary N) is 2. The quantitative estimate of drug-likeness (QED) is 0.823. The molecule has 0 saturated carbocycles. The molecule has 1 unspecified atom stereocenters. The molecule has 1 atom stereocenters. The highest BCUT2D eigenvalue weighted by Crippen LogP contribution is 2.37. The molecule has 1 aromatic heterocycles. The fourth-order valence-electron chi connectivity index (χ4n) is 2.75. The first-order chi connectivity index (χ1) is 8.32. The van der Waals surface area contributed by atoms with Crippen LogP contribution in [0.2, 0.25) is 0 Å². The lowest BCUT2D eigenvalue weighted by Gasteiger charge is -2.42. The number of likely N-dealkylation sites (N-methyl/N-ethyl adjacent to an activating group) is 1. The van der Waals surface area contributed by atoms with Crippen molar-refractivity contribution in [1.82, 2.24) is 10.3 Å². The van der Waals surface area contributed by atoms with Crippen LogP contribution in [0, 0.1) is 0 Å². The Kier molecular flexibility index (Phi) is 4.20. The molecule has 0 amide bonds. The Morgan fingerprint density at radius 3 is 2.82 bits per heavy atom. The molecule has 0 bridgehead atoms. The Morgan fingerprint density at radius 1 is 1.53 bits per heavy atom. The van der Waals surface area contributed by atoms with Crippen LogP contribution in [0.15, 0.2) is 18.3 Å². The van der Waals surface area contributed by atoms with Crippen LogP contribution in [0.4, 0.5) is 0 Å². The van der Waals surface area contributed by atoms with Gasteiger partial charge in [0.1, 0.15) is 0 Å². The van der Waals surface area contributed by atoms with Crippen molar-refractivity contribution >= 4 is 0 Å². The third kappa shape index (κ3) is 2.54. The highest BCUT2D eigenvalue weighted by Gasteiger charge is 2.41. The second kappa shape index (κ2) is 5.67. The maximum absolute atomic E-state index is 6.08. The van der Waals surface area contributed by atoms with Crippen molar-refractivity contribution in [2.24, 2.45) is 0 Å². The van der Waals surface area contributed by atoms with E-state index in [4.69, 9.17) is 9.47 Å². The fourth-order valence-corrected chi connectivity index (χ4v) is 2.75. The summed E-state index contributed by atoms with van der Waals surface area (Å²) in [7, 11) is 1.99. The number of H-pyrrole nitrogens is 1. The summed E-state index contributed by atoms with van der Waals surface area (Å²) in [6.45, 7) is 4.34. The number of ether oxygens (including phenoxy) is 2. The van der Waals surface area contributed by atoms with Crippen LogP contribution in [0.5, 0.6) is 0 Å². The van der Waals surface area contributed by atoms with E-state index >= 15 is 0 Å². The van der Waals surface area contributed by atoms with E-state index in [0.717, 1.165) is 32.7 Å². The molecule has 0 aliphatic carbocycles. The zero-order valence-corrected chi connectivity index (χ0v) is 10.7. The maximum Gasteiger partial charge on any atom is 0.0934 e. The van der Waals surface area contributed by atoms with Gasteiger partial charge in [0.2, 0.25) is 0 Å². The third-order valence-electron chi connectivity index (χ3n) is 3.52. The van der Waals surface area contributed by atoms with Gasteiger partial charge in [0.25, 0.3) is 0 Å². The fraction of sp³-hybridized carbons (Fsp3) is 0.692. The lowest BCUT2D eigenvalue weighted by Crippen LogP contribution is -2.49. The summed E-state index contributed by atoms with van der Waals surface area (Å²) in [4.78, 5) is 3.29. The molecule has 1 aromatic rings. The van der Waals surface area contributed by atoms with E-state index in [0.29, 0.717) is 0 Å². The normalized spacial score (nSPS) is 21.3. The van der Waals surface area contributed by atoms with E-state index in [-0.39, 0.29) is 11.6 Å². The molecule has 1 aliphatic heterocycles. The average molecular weight is 238 g/mol. The van der Waals surface area contributed by atoms with Crippen molar-refractivity contribution in [2.45, 2.75) is 31.4 Å². The van der Waals surface area contributed by atoms with Crippen LogP contribution in [-0.4, -0.2) is 37.5 Å². The SMILES string of the molecule is CCOC1(C(NC)c2ccc[nH]2)CCOCC1. The first kappa shape index (κ1) is 12.6. The van der Waals surface area contributed by atoms with Crippen LogP contribution in [0.3, 0.4) is 0 Å². The molecule has 1 saturated heterocycles. The van der Waals surface area contributed by atoms with E-state index < -0.39 is 0 Å². The number of rotatable bonds is 5. The van der Waals surface area contributed by atoms with Crippen LogP contribution in [0.25, 0.3) is 0 Å². The molecule has 0 radical (unpaired) electrons. The average Bonchev–Trinajstić information content (AvgIpc) is 2.85. The molecule has 96 valence electrons. The first-order valence-corrected chi connectivity index (χ1v) is 6.34.